The molecule has 0 saturated carbocycles. The molecule has 2 N–H and O–H groups in total. The number of aromatic nitrogens is 2. The Bertz CT molecular complexity index is 3240. The van der Waals surface area contributed by atoms with Crippen LogP contribution in [0.25, 0.3) is 77.2 Å². The molecule has 3 heterocycles. The molecule has 0 spiro atoms. The van der Waals surface area contributed by atoms with E-state index in [-0.39, 0.29) is 68.6 Å². The van der Waals surface area contributed by atoms with E-state index in [0.717, 1.165) is 95.5 Å². The number of ether oxygens (including phenoxy) is 2. The molecular formula is C55H46Cl2HfN2O4-2. The molecule has 0 fully saturated rings. The number of hydrogen-bond donors (Lipinski definition) is 2. The van der Waals surface area contributed by atoms with Crippen molar-refractivity contribution >= 4 is 43.6 Å². The molecule has 8 aromatic carbocycles. The minimum absolute atomic E-state index is 0. The summed E-state index contributed by atoms with van der Waals surface area (Å²) in [6.07, 6.45) is 0.662. The molecule has 6 nitrogen and oxygen atoms in total. The number of rotatable bonds is 2. The van der Waals surface area contributed by atoms with Crippen LogP contribution >= 0.6 is 0 Å². The monoisotopic (exact) mass is 1050 g/mol. The second-order valence-electron chi connectivity index (χ2n) is 16.2. The smallest absolute Gasteiger partial charge is 0.147 e. The molecule has 0 saturated heterocycles. The summed E-state index contributed by atoms with van der Waals surface area (Å²) in [5.41, 5.74) is 11.5. The van der Waals surface area contributed by atoms with E-state index < -0.39 is 0 Å². The second kappa shape index (κ2) is 19.0. The molecule has 0 aliphatic carbocycles. The SMILES string of the molecule is Cc1cc(-c2ccccc2)c(O)c(-n2c3ccccc3c3ccccc32)c1.Cc1cc2c(O)c(c1)-n1c3ccccc3c3ccc(cc31)OC(C)CC(C)Oc1ccccc1-2.[Cl-].[Cl-].[Hf]. The normalized spacial score (nSPS) is 14.2. The van der Waals surface area contributed by atoms with Crippen molar-refractivity contribution < 1.29 is 70.3 Å². The average molecular weight is 1050 g/mol. The molecule has 9 heteroatoms. The van der Waals surface area contributed by atoms with Gasteiger partial charge in [0.15, 0.2) is 0 Å². The van der Waals surface area contributed by atoms with Crippen LogP contribution in [0.5, 0.6) is 23.0 Å². The largest absolute Gasteiger partial charge is 1.00 e. The van der Waals surface area contributed by atoms with Gasteiger partial charge in [-0.1, -0.05) is 103 Å². The Hall–Kier alpha value is -5.99. The van der Waals surface area contributed by atoms with Gasteiger partial charge in [0, 0.05) is 76.6 Å². The van der Waals surface area contributed by atoms with E-state index in [4.69, 9.17) is 9.47 Å². The van der Waals surface area contributed by atoms with Crippen LogP contribution in [0.4, 0.5) is 0 Å². The minimum atomic E-state index is -0.0549. The Balaban J connectivity index is 0.000000187. The molecule has 320 valence electrons. The zero-order valence-electron chi connectivity index (χ0n) is 35.9. The van der Waals surface area contributed by atoms with E-state index in [2.05, 4.69) is 110 Å². The van der Waals surface area contributed by atoms with Crippen molar-refractivity contribution in [3.8, 4) is 56.6 Å². The number of nitrogens with zero attached hydrogens (tertiary/aromatic N) is 2. The number of para-hydroxylation sites is 4. The predicted molar refractivity (Wildman–Crippen MR) is 250 cm³/mol. The van der Waals surface area contributed by atoms with Crippen molar-refractivity contribution in [1.82, 2.24) is 9.13 Å². The number of phenols is 2. The number of fused-ring (bicyclic) bond motifs is 12. The van der Waals surface area contributed by atoms with Gasteiger partial charge < -0.3 is 53.6 Å². The van der Waals surface area contributed by atoms with E-state index in [1.54, 1.807) is 0 Å². The van der Waals surface area contributed by atoms with Crippen LogP contribution in [0.1, 0.15) is 31.4 Å². The zero-order chi connectivity index (χ0) is 41.8. The first kappa shape index (κ1) is 46.0. The summed E-state index contributed by atoms with van der Waals surface area (Å²) in [7, 11) is 0. The maximum Gasteiger partial charge on any atom is 0.147 e. The van der Waals surface area contributed by atoms with Gasteiger partial charge in [-0.2, -0.15) is 0 Å². The first-order chi connectivity index (χ1) is 29.7. The van der Waals surface area contributed by atoms with Gasteiger partial charge in [-0.3, -0.25) is 0 Å². The molecular weight excluding hydrogens is 1000 g/mol. The fraction of sp³-hybridized carbons (Fsp3) is 0.127. The Kier molecular flexibility index (Phi) is 13.7. The molecule has 4 bridgehead atoms. The van der Waals surface area contributed by atoms with E-state index in [9.17, 15) is 10.2 Å². The number of halogens is 2. The third kappa shape index (κ3) is 8.29. The first-order valence-corrected chi connectivity index (χ1v) is 20.9. The summed E-state index contributed by atoms with van der Waals surface area (Å²) < 4.78 is 17.0. The van der Waals surface area contributed by atoms with Gasteiger partial charge in [0.1, 0.15) is 23.0 Å². The molecule has 0 amide bonds. The fourth-order valence-electron chi connectivity index (χ4n) is 9.17. The van der Waals surface area contributed by atoms with Crippen LogP contribution in [-0.4, -0.2) is 31.6 Å². The molecule has 2 unspecified atom stereocenters. The molecule has 0 radical (unpaired) electrons. The number of aromatic hydroxyl groups is 2. The summed E-state index contributed by atoms with van der Waals surface area (Å²) in [5, 5.41) is 27.6. The Morgan fingerprint density at radius 2 is 0.906 bits per heavy atom. The maximum absolute atomic E-state index is 11.7. The third-order valence-electron chi connectivity index (χ3n) is 11.8. The minimum Gasteiger partial charge on any atom is -1.00 e. The van der Waals surface area contributed by atoms with Crippen molar-refractivity contribution in [3.63, 3.8) is 0 Å². The average Bonchev–Trinajstić information content (AvgIpc) is 3.78. The van der Waals surface area contributed by atoms with Crippen molar-refractivity contribution in [2.75, 3.05) is 0 Å². The second-order valence-corrected chi connectivity index (χ2v) is 16.2. The number of phenolic OH excluding ortho intramolecular Hbond substituents is 2. The van der Waals surface area contributed by atoms with Crippen molar-refractivity contribution in [2.45, 2.75) is 46.3 Å². The van der Waals surface area contributed by atoms with E-state index in [1.165, 1.54) is 10.8 Å². The summed E-state index contributed by atoms with van der Waals surface area (Å²) in [4.78, 5) is 0. The molecule has 10 aromatic rings. The standard InChI is InChI=1S/C30H27NO3.C25H19NO.2ClH.Hf/c1-18-14-25-24-9-5-7-11-29(24)34-20(3)16-19(2)33-21-12-13-23-22-8-4-6-10-26(22)31(27(23)17-21)28(15-18)30(25)32;1-17-15-21(18-9-3-2-4-10-18)25(27)24(16-17)26-22-13-7-5-11-19(22)20-12-6-8-14-23(20)26;;;/h4-15,17,19-20,32H,16H2,1-3H3;2-16,27H,1H3;2*1H;/p-2. The van der Waals surface area contributed by atoms with Gasteiger partial charge in [-0.05, 0) is 105 Å². The number of hydrogen-bond acceptors (Lipinski definition) is 4. The number of benzene rings is 8. The number of aryl methyl sites for hydroxylation is 2. The maximum atomic E-state index is 11.7. The van der Waals surface area contributed by atoms with Gasteiger partial charge >= 0.3 is 0 Å². The summed E-state index contributed by atoms with van der Waals surface area (Å²) in [5.74, 6) is 2.10. The van der Waals surface area contributed by atoms with Crippen molar-refractivity contribution in [2.24, 2.45) is 0 Å². The molecule has 2 atom stereocenters. The molecule has 2 aromatic heterocycles. The van der Waals surface area contributed by atoms with Crippen LogP contribution in [0.2, 0.25) is 0 Å². The summed E-state index contributed by atoms with van der Waals surface area (Å²) in [6.45, 7) is 8.27. The Morgan fingerprint density at radius 1 is 0.453 bits per heavy atom. The van der Waals surface area contributed by atoms with Crippen LogP contribution in [-0.2, 0) is 25.8 Å². The summed E-state index contributed by atoms with van der Waals surface area (Å²) in [6, 6.07) is 57.4. The van der Waals surface area contributed by atoms with Gasteiger partial charge in [0.05, 0.1) is 45.6 Å². The molecule has 11 rings (SSSR count). The van der Waals surface area contributed by atoms with Gasteiger partial charge in [0.25, 0.3) is 0 Å². The van der Waals surface area contributed by atoms with Crippen LogP contribution < -0.4 is 34.3 Å². The van der Waals surface area contributed by atoms with Gasteiger partial charge in [0.2, 0.25) is 0 Å². The first-order valence-electron chi connectivity index (χ1n) is 20.9. The van der Waals surface area contributed by atoms with Crippen LogP contribution in [0, 0.1) is 13.8 Å². The summed E-state index contributed by atoms with van der Waals surface area (Å²) >= 11 is 0. The van der Waals surface area contributed by atoms with Gasteiger partial charge in [-0.15, -0.1) is 0 Å². The van der Waals surface area contributed by atoms with E-state index >= 15 is 0 Å². The fourth-order valence-corrected chi connectivity index (χ4v) is 9.17. The molecule has 1 aliphatic rings. The topological polar surface area (TPSA) is 68.8 Å². The van der Waals surface area contributed by atoms with Crippen molar-refractivity contribution in [1.29, 1.82) is 0 Å². The van der Waals surface area contributed by atoms with Crippen LogP contribution in [0.3, 0.4) is 0 Å². The zero-order valence-corrected chi connectivity index (χ0v) is 41.0. The van der Waals surface area contributed by atoms with Gasteiger partial charge in [-0.25, -0.2) is 0 Å². The van der Waals surface area contributed by atoms with Crippen molar-refractivity contribution in [3.05, 3.63) is 181 Å². The Morgan fingerprint density at radius 3 is 1.50 bits per heavy atom. The molecule has 1 aliphatic heterocycles. The van der Waals surface area contributed by atoms with E-state index in [0.29, 0.717) is 5.75 Å². The third-order valence-corrected chi connectivity index (χ3v) is 11.8. The quantitative estimate of drug-likeness (QED) is 0.173. The Labute approximate surface area is 404 Å². The van der Waals surface area contributed by atoms with Crippen LogP contribution in [0.15, 0.2) is 170 Å². The predicted octanol–water partition coefficient (Wildman–Crippen LogP) is 7.87. The van der Waals surface area contributed by atoms with E-state index in [1.807, 2.05) is 97.1 Å². The molecule has 64 heavy (non-hydrogen) atoms.